The van der Waals surface area contributed by atoms with Gasteiger partial charge in [0.15, 0.2) is 5.82 Å². The summed E-state index contributed by atoms with van der Waals surface area (Å²) in [7, 11) is 2.13. The van der Waals surface area contributed by atoms with Crippen LogP contribution >= 0.6 is 0 Å². The van der Waals surface area contributed by atoms with Crippen LogP contribution in [0.15, 0.2) is 42.7 Å². The molecule has 1 saturated heterocycles. The molecule has 2 heterocycles. The second-order valence-corrected chi connectivity index (χ2v) is 5.49. The Labute approximate surface area is 136 Å². The van der Waals surface area contributed by atoms with Crippen molar-refractivity contribution in [1.82, 2.24) is 14.9 Å². The van der Waals surface area contributed by atoms with Crippen molar-refractivity contribution in [2.45, 2.75) is 0 Å². The fourth-order valence-corrected chi connectivity index (χ4v) is 2.47. The van der Waals surface area contributed by atoms with Crippen molar-refractivity contribution in [2.24, 2.45) is 0 Å². The molecule has 6 nitrogen and oxygen atoms in total. The lowest BCUT2D eigenvalue weighted by Crippen LogP contribution is -2.45. The number of ether oxygens (including phenoxy) is 2. The zero-order chi connectivity index (χ0) is 15.9. The third kappa shape index (κ3) is 4.32. The first kappa shape index (κ1) is 15.6. The Hall–Kier alpha value is -2.34. The van der Waals surface area contributed by atoms with Gasteiger partial charge in [-0.3, -0.25) is 0 Å². The van der Waals surface area contributed by atoms with E-state index in [9.17, 15) is 0 Å². The summed E-state index contributed by atoms with van der Waals surface area (Å²) in [6, 6.07) is 9.72. The summed E-state index contributed by atoms with van der Waals surface area (Å²) in [6.45, 7) is 4.83. The van der Waals surface area contributed by atoms with Crippen LogP contribution in [-0.2, 0) is 0 Å². The van der Waals surface area contributed by atoms with Crippen molar-refractivity contribution < 1.29 is 9.47 Å². The van der Waals surface area contributed by atoms with E-state index in [0.717, 1.165) is 37.7 Å². The Morgan fingerprint density at radius 1 is 0.913 bits per heavy atom. The van der Waals surface area contributed by atoms with Crippen molar-refractivity contribution in [2.75, 3.05) is 51.3 Å². The number of piperazine rings is 1. The molecule has 0 radical (unpaired) electrons. The molecule has 0 N–H and O–H groups in total. The number of likely N-dealkylation sites (N-methyl/N-ethyl adjacent to an activating group) is 1. The largest absolute Gasteiger partial charge is 0.490 e. The van der Waals surface area contributed by atoms with Crippen molar-refractivity contribution in [1.29, 1.82) is 0 Å². The maximum absolute atomic E-state index is 5.79. The summed E-state index contributed by atoms with van der Waals surface area (Å²) >= 11 is 0. The summed E-state index contributed by atoms with van der Waals surface area (Å²) in [4.78, 5) is 13.3. The number of hydrogen-bond donors (Lipinski definition) is 0. The highest BCUT2D eigenvalue weighted by atomic mass is 16.5. The lowest BCUT2D eigenvalue weighted by atomic mass is 10.3. The third-order valence-electron chi connectivity index (χ3n) is 3.78. The fraction of sp³-hybridized carbons (Fsp3) is 0.412. The lowest BCUT2D eigenvalue weighted by Gasteiger charge is -2.33. The van der Waals surface area contributed by atoms with Crippen LogP contribution < -0.4 is 14.4 Å². The summed E-state index contributed by atoms with van der Waals surface area (Å²) in [5.41, 5.74) is 0. The lowest BCUT2D eigenvalue weighted by molar-refractivity contribution is 0.211. The molecule has 0 amide bonds. The van der Waals surface area contributed by atoms with Crippen molar-refractivity contribution >= 4 is 5.82 Å². The van der Waals surface area contributed by atoms with Crippen LogP contribution in [0.3, 0.4) is 0 Å². The van der Waals surface area contributed by atoms with E-state index in [2.05, 4.69) is 26.8 Å². The van der Waals surface area contributed by atoms with Gasteiger partial charge in [-0.15, -0.1) is 0 Å². The average Bonchev–Trinajstić information content (AvgIpc) is 2.61. The Morgan fingerprint density at radius 2 is 1.61 bits per heavy atom. The van der Waals surface area contributed by atoms with Crippen LogP contribution in [0.4, 0.5) is 5.82 Å². The Balaban J connectivity index is 1.53. The maximum atomic E-state index is 5.79. The molecular formula is C17H22N4O2. The number of rotatable bonds is 6. The normalized spacial score (nSPS) is 15.4. The van der Waals surface area contributed by atoms with Crippen LogP contribution in [0.1, 0.15) is 0 Å². The highest BCUT2D eigenvalue weighted by Gasteiger charge is 2.19. The standard InChI is InChI=1S/C17H22N4O2/c1-20-9-11-21(12-10-20)16-17(19-8-7-18-16)23-14-13-22-15-5-3-2-4-6-15/h2-8H,9-14H2,1H3. The molecule has 3 rings (SSSR count). The minimum Gasteiger partial charge on any atom is -0.490 e. The van der Waals surface area contributed by atoms with Crippen LogP contribution in [0.25, 0.3) is 0 Å². The molecule has 1 aromatic heterocycles. The molecule has 1 aromatic carbocycles. The minimum absolute atomic E-state index is 0.439. The zero-order valence-electron chi connectivity index (χ0n) is 13.4. The second-order valence-electron chi connectivity index (χ2n) is 5.49. The van der Waals surface area contributed by atoms with E-state index < -0.39 is 0 Å². The van der Waals surface area contributed by atoms with E-state index in [0.29, 0.717) is 19.1 Å². The van der Waals surface area contributed by atoms with Gasteiger partial charge in [0.05, 0.1) is 0 Å². The molecule has 0 unspecified atom stereocenters. The molecule has 122 valence electrons. The molecule has 2 aromatic rings. The number of hydrogen-bond acceptors (Lipinski definition) is 6. The van der Waals surface area contributed by atoms with Crippen LogP contribution in [0.2, 0.25) is 0 Å². The molecule has 1 aliphatic rings. The first-order chi connectivity index (χ1) is 11.3. The van der Waals surface area contributed by atoms with Crippen LogP contribution in [0.5, 0.6) is 11.6 Å². The predicted octanol–water partition coefficient (Wildman–Crippen LogP) is 1.69. The summed E-state index contributed by atoms with van der Waals surface area (Å²) in [6.07, 6.45) is 3.37. The zero-order valence-corrected chi connectivity index (χ0v) is 13.4. The van der Waals surface area contributed by atoms with Crippen molar-refractivity contribution in [3.05, 3.63) is 42.7 Å². The molecule has 1 fully saturated rings. The first-order valence-corrected chi connectivity index (χ1v) is 7.88. The smallest absolute Gasteiger partial charge is 0.257 e. The van der Waals surface area contributed by atoms with Gasteiger partial charge in [0, 0.05) is 38.6 Å². The number of aromatic nitrogens is 2. The van der Waals surface area contributed by atoms with Crippen molar-refractivity contribution in [3.63, 3.8) is 0 Å². The maximum Gasteiger partial charge on any atom is 0.257 e. The highest BCUT2D eigenvalue weighted by molar-refractivity contribution is 5.48. The summed E-state index contributed by atoms with van der Waals surface area (Å²) < 4.78 is 11.4. The quantitative estimate of drug-likeness (QED) is 0.756. The predicted molar refractivity (Wildman–Crippen MR) is 89.2 cm³/mol. The fourth-order valence-electron chi connectivity index (χ4n) is 2.47. The number of benzene rings is 1. The van der Waals surface area contributed by atoms with E-state index in [1.54, 1.807) is 12.4 Å². The number of para-hydroxylation sites is 1. The molecular weight excluding hydrogens is 292 g/mol. The molecule has 1 aliphatic heterocycles. The summed E-state index contributed by atoms with van der Waals surface area (Å²) in [5, 5.41) is 0. The molecule has 0 bridgehead atoms. The van der Waals surface area contributed by atoms with Gasteiger partial charge in [-0.25, -0.2) is 9.97 Å². The molecule has 23 heavy (non-hydrogen) atoms. The Bertz CT molecular complexity index is 601. The summed E-state index contributed by atoms with van der Waals surface area (Å²) in [5.74, 6) is 2.24. The van der Waals surface area contributed by atoms with E-state index >= 15 is 0 Å². The molecule has 0 atom stereocenters. The number of nitrogens with zero attached hydrogens (tertiary/aromatic N) is 4. The second kappa shape index (κ2) is 7.78. The Kier molecular flexibility index (Phi) is 5.26. The van der Waals surface area contributed by atoms with Gasteiger partial charge >= 0.3 is 0 Å². The van der Waals surface area contributed by atoms with Crippen LogP contribution in [0, 0.1) is 0 Å². The highest BCUT2D eigenvalue weighted by Crippen LogP contribution is 2.23. The van der Waals surface area contributed by atoms with Gasteiger partial charge in [-0.1, -0.05) is 18.2 Å². The van der Waals surface area contributed by atoms with E-state index in [1.807, 2.05) is 30.3 Å². The molecule has 0 aliphatic carbocycles. The SMILES string of the molecule is CN1CCN(c2nccnc2OCCOc2ccccc2)CC1. The van der Waals surface area contributed by atoms with E-state index in [4.69, 9.17) is 9.47 Å². The first-order valence-electron chi connectivity index (χ1n) is 7.88. The Morgan fingerprint density at radius 3 is 2.39 bits per heavy atom. The minimum atomic E-state index is 0.439. The monoisotopic (exact) mass is 314 g/mol. The molecule has 0 spiro atoms. The average molecular weight is 314 g/mol. The molecule has 0 saturated carbocycles. The molecule has 6 heteroatoms. The number of anilines is 1. The third-order valence-corrected chi connectivity index (χ3v) is 3.78. The van der Waals surface area contributed by atoms with Gasteiger partial charge in [0.25, 0.3) is 5.88 Å². The van der Waals surface area contributed by atoms with Gasteiger partial charge < -0.3 is 19.3 Å². The van der Waals surface area contributed by atoms with Gasteiger partial charge in [-0.2, -0.15) is 0 Å². The van der Waals surface area contributed by atoms with Gasteiger partial charge in [0.1, 0.15) is 19.0 Å². The van der Waals surface area contributed by atoms with Crippen molar-refractivity contribution in [3.8, 4) is 11.6 Å². The van der Waals surface area contributed by atoms with Gasteiger partial charge in [-0.05, 0) is 19.2 Å². The van der Waals surface area contributed by atoms with E-state index in [-0.39, 0.29) is 0 Å². The van der Waals surface area contributed by atoms with E-state index in [1.165, 1.54) is 0 Å². The topological polar surface area (TPSA) is 50.7 Å². The van der Waals surface area contributed by atoms with Gasteiger partial charge in [0.2, 0.25) is 0 Å². The van der Waals surface area contributed by atoms with Crippen LogP contribution in [-0.4, -0.2) is 61.3 Å².